The molecule has 0 aliphatic rings. The van der Waals surface area contributed by atoms with E-state index in [1.165, 1.54) is 25.7 Å². The van der Waals surface area contributed by atoms with E-state index in [-0.39, 0.29) is 21.0 Å². The summed E-state index contributed by atoms with van der Waals surface area (Å²) in [5.41, 5.74) is 0. The molecule has 1 nitrogen and oxygen atoms in total. The van der Waals surface area contributed by atoms with Gasteiger partial charge in [0.2, 0.25) is 0 Å². The molecule has 0 aromatic carbocycles. The molecule has 0 spiro atoms. The Morgan fingerprint density at radius 1 is 1.44 bits per heavy atom. The molecule has 0 heterocycles. The maximum atomic E-state index is 7.15. The summed E-state index contributed by atoms with van der Waals surface area (Å²) >= 11 is -0.223. The monoisotopic (exact) mass is 241 g/mol. The van der Waals surface area contributed by atoms with Crippen LogP contribution in [0.15, 0.2) is 0 Å². The largest absolute Gasteiger partial charge is 0.278 e. The van der Waals surface area contributed by atoms with E-state index in [1.54, 1.807) is 0 Å². The Kier molecular flexibility index (Phi) is 7.04. The number of hydrogen-bond donors (Lipinski definition) is 1. The second-order valence-corrected chi connectivity index (χ2v) is 5.13. The summed E-state index contributed by atoms with van der Waals surface area (Å²) in [6.45, 7) is 4.43. The van der Waals surface area contributed by atoms with Gasteiger partial charge in [-0.05, 0) is 27.5 Å². The highest BCUT2D eigenvalue weighted by molar-refractivity contribution is 14.1. The summed E-state index contributed by atoms with van der Waals surface area (Å²) in [4.78, 5) is 0. The predicted octanol–water partition coefficient (Wildman–Crippen LogP) is 3.69. The molecule has 0 amide bonds. The number of unbranched alkanes of at least 4 members (excludes halogenated alkanes) is 2. The Morgan fingerprint density at radius 3 is 2.56 bits per heavy atom. The standard InChI is InChI=1S/C7H16IN/c1-3-4-5-6-7(2)8-9/h7,9H,3-6H2,1-2H3/t7-/m1/s1. The summed E-state index contributed by atoms with van der Waals surface area (Å²) in [5, 5.41) is 0. The van der Waals surface area contributed by atoms with Crippen LogP contribution in [-0.4, -0.2) is 3.92 Å². The zero-order valence-electron chi connectivity index (χ0n) is 6.28. The highest BCUT2D eigenvalue weighted by Crippen LogP contribution is 2.14. The van der Waals surface area contributed by atoms with Crippen LogP contribution >= 0.6 is 21.0 Å². The van der Waals surface area contributed by atoms with Crippen molar-refractivity contribution in [1.82, 2.24) is 0 Å². The normalized spacial score (nSPS) is 13.6. The number of rotatable bonds is 5. The summed E-state index contributed by atoms with van der Waals surface area (Å²) in [7, 11) is 0. The van der Waals surface area contributed by atoms with Gasteiger partial charge in [0.15, 0.2) is 0 Å². The maximum absolute atomic E-state index is 7.15. The minimum atomic E-state index is -0.223. The van der Waals surface area contributed by atoms with E-state index >= 15 is 0 Å². The second kappa shape index (κ2) is 6.65. The minimum absolute atomic E-state index is 0.223. The smallest absolute Gasteiger partial charge is 0.0195 e. The quantitative estimate of drug-likeness (QED) is 0.431. The Labute approximate surface area is 68.2 Å². The molecule has 2 heteroatoms. The van der Waals surface area contributed by atoms with Gasteiger partial charge in [-0.2, -0.15) is 0 Å². The van der Waals surface area contributed by atoms with Gasteiger partial charge in [0.1, 0.15) is 0 Å². The third-order valence-corrected chi connectivity index (χ3v) is 3.08. The summed E-state index contributed by atoms with van der Waals surface area (Å²) in [6.07, 6.45) is 5.30. The van der Waals surface area contributed by atoms with Gasteiger partial charge in [-0.1, -0.05) is 33.1 Å². The van der Waals surface area contributed by atoms with Gasteiger partial charge in [0, 0.05) is 3.92 Å². The van der Waals surface area contributed by atoms with Gasteiger partial charge in [0.25, 0.3) is 0 Å². The molecule has 0 aromatic heterocycles. The first kappa shape index (κ1) is 9.53. The van der Waals surface area contributed by atoms with Crippen molar-refractivity contribution in [2.24, 2.45) is 0 Å². The van der Waals surface area contributed by atoms with Gasteiger partial charge in [-0.25, -0.2) is 0 Å². The van der Waals surface area contributed by atoms with Crippen LogP contribution in [0, 0.1) is 3.56 Å². The van der Waals surface area contributed by atoms with Crippen LogP contribution in [0.1, 0.15) is 39.5 Å². The molecule has 0 radical (unpaired) electrons. The molecule has 0 aromatic rings. The molecule has 1 N–H and O–H groups in total. The fraction of sp³-hybridized carbons (Fsp3) is 1.00. The minimum Gasteiger partial charge on any atom is -0.278 e. The highest BCUT2D eigenvalue weighted by Gasteiger charge is 1.95. The van der Waals surface area contributed by atoms with Crippen molar-refractivity contribution in [2.75, 3.05) is 0 Å². The fourth-order valence-electron chi connectivity index (χ4n) is 0.730. The lowest BCUT2D eigenvalue weighted by atomic mass is 10.2. The van der Waals surface area contributed by atoms with Crippen LogP contribution in [0.5, 0.6) is 0 Å². The van der Waals surface area contributed by atoms with Crippen molar-refractivity contribution in [3.8, 4) is 0 Å². The van der Waals surface area contributed by atoms with Crippen molar-refractivity contribution in [3.05, 3.63) is 0 Å². The average molecular weight is 241 g/mol. The van der Waals surface area contributed by atoms with Crippen molar-refractivity contribution < 1.29 is 0 Å². The first-order chi connectivity index (χ1) is 4.31. The van der Waals surface area contributed by atoms with Gasteiger partial charge in [-0.15, -0.1) is 0 Å². The molecule has 0 aliphatic carbocycles. The molecule has 0 bridgehead atoms. The van der Waals surface area contributed by atoms with E-state index < -0.39 is 0 Å². The molecule has 0 fully saturated rings. The van der Waals surface area contributed by atoms with Crippen LogP contribution in [0.25, 0.3) is 0 Å². The molecule has 0 rings (SSSR count). The van der Waals surface area contributed by atoms with Crippen molar-refractivity contribution in [3.63, 3.8) is 0 Å². The SMILES string of the molecule is CCCCC[C@@H](C)I=N. The number of alkyl halides is 1. The Hall–Kier alpha value is 0.530. The first-order valence-electron chi connectivity index (χ1n) is 3.60. The van der Waals surface area contributed by atoms with Crippen LogP contribution in [0.4, 0.5) is 0 Å². The van der Waals surface area contributed by atoms with Crippen LogP contribution in [0.2, 0.25) is 0 Å². The van der Waals surface area contributed by atoms with Gasteiger partial charge >= 0.3 is 0 Å². The molecule has 9 heavy (non-hydrogen) atoms. The highest BCUT2D eigenvalue weighted by atomic mass is 127. The van der Waals surface area contributed by atoms with E-state index in [1.807, 2.05) is 0 Å². The third kappa shape index (κ3) is 6.41. The van der Waals surface area contributed by atoms with Crippen molar-refractivity contribution in [1.29, 1.82) is 3.56 Å². The van der Waals surface area contributed by atoms with Gasteiger partial charge in [-0.3, -0.25) is 3.56 Å². The van der Waals surface area contributed by atoms with Crippen LogP contribution in [-0.2, 0) is 0 Å². The van der Waals surface area contributed by atoms with E-state index in [0.29, 0.717) is 0 Å². The molecule has 0 unspecified atom stereocenters. The predicted molar refractivity (Wildman–Crippen MR) is 50.3 cm³/mol. The van der Waals surface area contributed by atoms with Crippen LogP contribution < -0.4 is 0 Å². The molecule has 0 aliphatic heterocycles. The Bertz CT molecular complexity index is 73.3. The summed E-state index contributed by atoms with van der Waals surface area (Å²) < 4.78 is 7.89. The van der Waals surface area contributed by atoms with Crippen molar-refractivity contribution in [2.45, 2.75) is 43.5 Å². The zero-order valence-corrected chi connectivity index (χ0v) is 8.44. The number of hydrogen-bond acceptors (Lipinski definition) is 1. The lowest BCUT2D eigenvalue weighted by Crippen LogP contribution is -1.89. The van der Waals surface area contributed by atoms with Gasteiger partial charge < -0.3 is 0 Å². The van der Waals surface area contributed by atoms with E-state index in [4.69, 9.17) is 3.56 Å². The number of nitrogens with one attached hydrogen (secondary N) is 1. The van der Waals surface area contributed by atoms with E-state index in [0.717, 1.165) is 3.92 Å². The van der Waals surface area contributed by atoms with E-state index in [2.05, 4.69) is 13.8 Å². The molecule has 1 atom stereocenters. The van der Waals surface area contributed by atoms with Crippen LogP contribution in [0.3, 0.4) is 0 Å². The lowest BCUT2D eigenvalue weighted by Gasteiger charge is -2.00. The average Bonchev–Trinajstić information content (AvgIpc) is 1.89. The molecular weight excluding hydrogens is 225 g/mol. The second-order valence-electron chi connectivity index (χ2n) is 2.39. The molecule has 0 saturated carbocycles. The fourth-order valence-corrected chi connectivity index (χ4v) is 1.48. The first-order valence-corrected chi connectivity index (χ1v) is 5.92. The molecule has 0 saturated heterocycles. The topological polar surface area (TPSA) is 23.9 Å². The summed E-state index contributed by atoms with van der Waals surface area (Å²) in [6, 6.07) is 0. The third-order valence-electron chi connectivity index (χ3n) is 1.39. The zero-order chi connectivity index (χ0) is 7.11. The lowest BCUT2D eigenvalue weighted by molar-refractivity contribution is 0.673. The van der Waals surface area contributed by atoms with Crippen molar-refractivity contribution >= 4 is 21.0 Å². The molecular formula is C7H16IN. The van der Waals surface area contributed by atoms with Gasteiger partial charge in [0.05, 0.1) is 0 Å². The maximum Gasteiger partial charge on any atom is 0.0195 e. The van der Waals surface area contributed by atoms with E-state index in [9.17, 15) is 0 Å². The Morgan fingerprint density at radius 2 is 2.11 bits per heavy atom. The Balaban J connectivity index is 2.96. The number of halogens is 1. The summed E-state index contributed by atoms with van der Waals surface area (Å²) in [5.74, 6) is 0. The molecule has 56 valence electrons.